The van der Waals surface area contributed by atoms with E-state index in [9.17, 15) is 8.42 Å². The SMILES string of the molecule is COc1ccc2[nH]c(C)c(CCNS(=O)(=O)c3cc(Cl)ccc3Cl)c2c1. The molecule has 0 radical (unpaired) electrons. The largest absolute Gasteiger partial charge is 0.497 e. The molecular weight excluding hydrogens is 395 g/mol. The van der Waals surface area contributed by atoms with Crippen molar-refractivity contribution < 1.29 is 13.2 Å². The Balaban J connectivity index is 1.80. The molecule has 0 unspecified atom stereocenters. The van der Waals surface area contributed by atoms with Crippen LogP contribution in [0.25, 0.3) is 10.9 Å². The van der Waals surface area contributed by atoms with E-state index in [1.165, 1.54) is 12.1 Å². The molecule has 0 amide bonds. The molecule has 5 nitrogen and oxygen atoms in total. The van der Waals surface area contributed by atoms with E-state index in [2.05, 4.69) is 9.71 Å². The maximum Gasteiger partial charge on any atom is 0.242 e. The minimum atomic E-state index is -3.75. The minimum Gasteiger partial charge on any atom is -0.497 e. The van der Waals surface area contributed by atoms with Crippen molar-refractivity contribution in [2.75, 3.05) is 13.7 Å². The van der Waals surface area contributed by atoms with Gasteiger partial charge in [0, 0.05) is 28.2 Å². The predicted octanol–water partition coefficient (Wildman–Crippen LogP) is 4.31. The first-order valence-electron chi connectivity index (χ1n) is 7.92. The molecule has 138 valence electrons. The summed E-state index contributed by atoms with van der Waals surface area (Å²) in [6.07, 6.45) is 0.524. The van der Waals surface area contributed by atoms with E-state index in [4.69, 9.17) is 27.9 Å². The first-order valence-corrected chi connectivity index (χ1v) is 10.2. The minimum absolute atomic E-state index is 0.0241. The first kappa shape index (κ1) is 19.0. The number of methoxy groups -OCH3 is 1. The van der Waals surface area contributed by atoms with Crippen LogP contribution in [0.15, 0.2) is 41.3 Å². The van der Waals surface area contributed by atoms with Crippen molar-refractivity contribution in [3.8, 4) is 5.75 Å². The molecule has 0 aliphatic rings. The zero-order valence-electron chi connectivity index (χ0n) is 14.3. The number of rotatable bonds is 6. The Kier molecular flexibility index (Phi) is 5.48. The number of aromatic nitrogens is 1. The van der Waals surface area contributed by atoms with Gasteiger partial charge in [0.05, 0.1) is 12.1 Å². The molecule has 0 spiro atoms. The topological polar surface area (TPSA) is 71.2 Å². The molecule has 0 saturated carbocycles. The summed E-state index contributed by atoms with van der Waals surface area (Å²) in [5.41, 5.74) is 3.02. The summed E-state index contributed by atoms with van der Waals surface area (Å²) >= 11 is 11.9. The molecular formula is C18H18Cl2N2O3S. The van der Waals surface area contributed by atoms with Crippen molar-refractivity contribution in [1.29, 1.82) is 0 Å². The summed E-state index contributed by atoms with van der Waals surface area (Å²) in [4.78, 5) is 3.28. The lowest BCUT2D eigenvalue weighted by Gasteiger charge is -2.09. The van der Waals surface area contributed by atoms with Crippen LogP contribution in [-0.4, -0.2) is 27.1 Å². The van der Waals surface area contributed by atoms with Gasteiger partial charge in [-0.3, -0.25) is 0 Å². The molecule has 2 N–H and O–H groups in total. The van der Waals surface area contributed by atoms with E-state index in [-0.39, 0.29) is 16.5 Å². The van der Waals surface area contributed by atoms with E-state index in [0.29, 0.717) is 11.4 Å². The van der Waals surface area contributed by atoms with Gasteiger partial charge in [-0.2, -0.15) is 0 Å². The molecule has 3 rings (SSSR count). The third kappa shape index (κ3) is 3.83. The highest BCUT2D eigenvalue weighted by Crippen LogP contribution is 2.27. The molecule has 1 aromatic heterocycles. The molecule has 0 aliphatic heterocycles. The number of aromatic amines is 1. The second-order valence-electron chi connectivity index (χ2n) is 5.86. The molecule has 0 aliphatic carbocycles. The number of fused-ring (bicyclic) bond motifs is 1. The molecule has 26 heavy (non-hydrogen) atoms. The van der Waals surface area contributed by atoms with Crippen LogP contribution in [0.2, 0.25) is 10.0 Å². The lowest BCUT2D eigenvalue weighted by atomic mass is 10.1. The van der Waals surface area contributed by atoms with Gasteiger partial charge in [-0.05, 0) is 55.3 Å². The van der Waals surface area contributed by atoms with Crippen LogP contribution in [0.1, 0.15) is 11.3 Å². The van der Waals surface area contributed by atoms with Crippen molar-refractivity contribution in [3.05, 3.63) is 57.7 Å². The molecule has 1 heterocycles. The Labute approximate surface area is 162 Å². The summed E-state index contributed by atoms with van der Waals surface area (Å²) in [6.45, 7) is 2.19. The van der Waals surface area contributed by atoms with E-state index in [1.807, 2.05) is 25.1 Å². The van der Waals surface area contributed by atoms with Gasteiger partial charge in [-0.15, -0.1) is 0 Å². The van der Waals surface area contributed by atoms with Gasteiger partial charge in [0.15, 0.2) is 0 Å². The van der Waals surface area contributed by atoms with Crippen LogP contribution >= 0.6 is 23.2 Å². The Morgan fingerprint density at radius 3 is 2.65 bits per heavy atom. The highest BCUT2D eigenvalue weighted by molar-refractivity contribution is 7.89. The lowest BCUT2D eigenvalue weighted by molar-refractivity contribution is 0.415. The lowest BCUT2D eigenvalue weighted by Crippen LogP contribution is -2.26. The number of benzene rings is 2. The number of halogens is 2. The van der Waals surface area contributed by atoms with Crippen LogP contribution in [0, 0.1) is 6.92 Å². The molecule has 0 atom stereocenters. The van der Waals surface area contributed by atoms with E-state index in [0.717, 1.165) is 27.9 Å². The number of sulfonamides is 1. The van der Waals surface area contributed by atoms with Gasteiger partial charge < -0.3 is 9.72 Å². The van der Waals surface area contributed by atoms with Gasteiger partial charge in [-0.25, -0.2) is 13.1 Å². The Hall–Kier alpha value is -1.73. The predicted molar refractivity (Wildman–Crippen MR) is 105 cm³/mol. The second kappa shape index (κ2) is 7.48. The zero-order chi connectivity index (χ0) is 18.9. The number of hydrogen-bond donors (Lipinski definition) is 2. The van der Waals surface area contributed by atoms with Crippen molar-refractivity contribution >= 4 is 44.1 Å². The van der Waals surface area contributed by atoms with Crippen LogP contribution in [-0.2, 0) is 16.4 Å². The monoisotopic (exact) mass is 412 g/mol. The van der Waals surface area contributed by atoms with E-state index in [1.54, 1.807) is 13.2 Å². The number of ether oxygens (including phenoxy) is 1. The summed E-state index contributed by atoms with van der Waals surface area (Å²) < 4.78 is 32.9. The highest BCUT2D eigenvalue weighted by Gasteiger charge is 2.18. The normalized spacial score (nSPS) is 11.8. The maximum absolute atomic E-state index is 12.5. The number of nitrogens with one attached hydrogen (secondary N) is 2. The molecule has 3 aromatic rings. The average molecular weight is 413 g/mol. The fraction of sp³-hybridized carbons (Fsp3) is 0.222. The highest BCUT2D eigenvalue weighted by atomic mass is 35.5. The quantitative estimate of drug-likeness (QED) is 0.633. The van der Waals surface area contributed by atoms with Crippen LogP contribution in [0.4, 0.5) is 0 Å². The van der Waals surface area contributed by atoms with Gasteiger partial charge in [0.25, 0.3) is 0 Å². The number of hydrogen-bond acceptors (Lipinski definition) is 3. The molecule has 2 aromatic carbocycles. The summed E-state index contributed by atoms with van der Waals surface area (Å²) in [5.74, 6) is 0.754. The Bertz CT molecular complexity index is 1060. The zero-order valence-corrected chi connectivity index (χ0v) is 16.6. The fourth-order valence-electron chi connectivity index (χ4n) is 2.88. The molecule has 0 bridgehead atoms. The first-order chi connectivity index (χ1) is 12.3. The third-order valence-corrected chi connectivity index (χ3v) is 6.35. The van der Waals surface area contributed by atoms with Crippen molar-refractivity contribution in [2.45, 2.75) is 18.2 Å². The summed E-state index contributed by atoms with van der Waals surface area (Å²) in [6, 6.07) is 10.1. The summed E-state index contributed by atoms with van der Waals surface area (Å²) in [7, 11) is -2.13. The maximum atomic E-state index is 12.5. The van der Waals surface area contributed by atoms with Crippen LogP contribution in [0.3, 0.4) is 0 Å². The Morgan fingerprint density at radius 1 is 1.15 bits per heavy atom. The number of H-pyrrole nitrogens is 1. The van der Waals surface area contributed by atoms with Gasteiger partial charge in [-0.1, -0.05) is 23.2 Å². The summed E-state index contributed by atoms with van der Waals surface area (Å²) in [5, 5.41) is 1.46. The van der Waals surface area contributed by atoms with Crippen LogP contribution < -0.4 is 9.46 Å². The molecule has 0 fully saturated rings. The van der Waals surface area contributed by atoms with Gasteiger partial charge in [0.1, 0.15) is 10.6 Å². The smallest absolute Gasteiger partial charge is 0.242 e. The van der Waals surface area contributed by atoms with E-state index < -0.39 is 10.0 Å². The van der Waals surface area contributed by atoms with Crippen molar-refractivity contribution in [1.82, 2.24) is 9.71 Å². The average Bonchev–Trinajstić information content (AvgIpc) is 2.91. The van der Waals surface area contributed by atoms with E-state index >= 15 is 0 Å². The standard InChI is InChI=1S/C18H18Cl2N2O3S/c1-11-14(15-10-13(25-2)4-6-17(15)22-11)7-8-21-26(23,24)18-9-12(19)3-5-16(18)20/h3-6,9-10,21-22H,7-8H2,1-2H3. The number of aryl methyl sites for hydroxylation is 1. The van der Waals surface area contributed by atoms with Crippen molar-refractivity contribution in [2.24, 2.45) is 0 Å². The van der Waals surface area contributed by atoms with Gasteiger partial charge >= 0.3 is 0 Å². The third-order valence-electron chi connectivity index (χ3n) is 4.18. The van der Waals surface area contributed by atoms with Crippen LogP contribution in [0.5, 0.6) is 5.75 Å². The van der Waals surface area contributed by atoms with Gasteiger partial charge in [0.2, 0.25) is 10.0 Å². The molecule has 0 saturated heterocycles. The van der Waals surface area contributed by atoms with Crippen molar-refractivity contribution in [3.63, 3.8) is 0 Å². The second-order valence-corrected chi connectivity index (χ2v) is 8.44. The fourth-order valence-corrected chi connectivity index (χ4v) is 4.67. The molecule has 8 heteroatoms. The Morgan fingerprint density at radius 2 is 1.92 bits per heavy atom.